The van der Waals surface area contributed by atoms with Gasteiger partial charge >= 0.3 is 0 Å². The van der Waals surface area contributed by atoms with E-state index < -0.39 is 0 Å². The highest BCUT2D eigenvalue weighted by molar-refractivity contribution is 9.10. The molecule has 1 saturated carbocycles. The molecule has 3 rings (SSSR count). The lowest BCUT2D eigenvalue weighted by Crippen LogP contribution is -2.39. The van der Waals surface area contributed by atoms with E-state index in [0.717, 1.165) is 42.4 Å². The van der Waals surface area contributed by atoms with E-state index in [1.54, 1.807) is 0 Å². The lowest BCUT2D eigenvalue weighted by molar-refractivity contribution is -0.132. The number of likely N-dealkylation sites (tertiary alicyclic amines) is 1. The van der Waals surface area contributed by atoms with Crippen molar-refractivity contribution in [3.05, 3.63) is 34.3 Å². The molecule has 3 nitrogen and oxygen atoms in total. The van der Waals surface area contributed by atoms with Gasteiger partial charge in [0, 0.05) is 23.6 Å². The quantitative estimate of drug-likeness (QED) is 0.895. The van der Waals surface area contributed by atoms with E-state index in [9.17, 15) is 4.79 Å². The van der Waals surface area contributed by atoms with Crippen molar-refractivity contribution in [3.8, 4) is 0 Å². The Balaban J connectivity index is 0.00000133. The largest absolute Gasteiger partial charge is 0.340 e. The summed E-state index contributed by atoms with van der Waals surface area (Å²) in [6, 6.07) is 8.31. The summed E-state index contributed by atoms with van der Waals surface area (Å²) < 4.78 is 1.05. The van der Waals surface area contributed by atoms with Gasteiger partial charge in [-0.05, 0) is 37.0 Å². The van der Waals surface area contributed by atoms with Crippen molar-refractivity contribution >= 4 is 34.2 Å². The number of nitrogens with two attached hydrogens (primary N) is 1. The number of carbonyl (C=O) groups excluding carboxylic acids is 1. The van der Waals surface area contributed by atoms with Crippen LogP contribution in [0.3, 0.4) is 0 Å². The van der Waals surface area contributed by atoms with Crippen LogP contribution in [-0.2, 0) is 10.2 Å². The Morgan fingerprint density at radius 3 is 2.42 bits per heavy atom. The first-order valence-corrected chi connectivity index (χ1v) is 7.22. The van der Waals surface area contributed by atoms with Crippen LogP contribution in [0.25, 0.3) is 0 Å². The zero-order valence-corrected chi connectivity index (χ0v) is 13.0. The topological polar surface area (TPSA) is 46.3 Å². The van der Waals surface area contributed by atoms with Gasteiger partial charge in [0.25, 0.3) is 0 Å². The number of halogens is 2. The summed E-state index contributed by atoms with van der Waals surface area (Å²) >= 11 is 3.43. The van der Waals surface area contributed by atoms with Crippen LogP contribution < -0.4 is 5.73 Å². The van der Waals surface area contributed by atoms with Gasteiger partial charge < -0.3 is 10.6 Å². The van der Waals surface area contributed by atoms with E-state index in [1.165, 1.54) is 0 Å². The SMILES string of the molecule is Cl.NC1CCN(C(=O)C2(c3ccc(Br)cc3)CC2)C1. The molecule has 104 valence electrons. The molecule has 1 saturated heterocycles. The zero-order chi connectivity index (χ0) is 12.8. The highest BCUT2D eigenvalue weighted by Crippen LogP contribution is 2.50. The molecule has 0 radical (unpaired) electrons. The van der Waals surface area contributed by atoms with Gasteiger partial charge in [0.15, 0.2) is 0 Å². The first kappa shape index (κ1) is 14.8. The smallest absolute Gasteiger partial charge is 0.233 e. The number of hydrogen-bond acceptors (Lipinski definition) is 2. The Bertz CT molecular complexity index is 473. The second-order valence-electron chi connectivity index (χ2n) is 5.39. The second kappa shape index (κ2) is 5.43. The summed E-state index contributed by atoms with van der Waals surface area (Å²) in [7, 11) is 0. The van der Waals surface area contributed by atoms with E-state index in [2.05, 4.69) is 28.1 Å². The van der Waals surface area contributed by atoms with E-state index in [4.69, 9.17) is 5.73 Å². The minimum Gasteiger partial charge on any atom is -0.340 e. The summed E-state index contributed by atoms with van der Waals surface area (Å²) in [5.41, 5.74) is 6.79. The van der Waals surface area contributed by atoms with Gasteiger partial charge in [0.2, 0.25) is 5.91 Å². The minimum absolute atomic E-state index is 0. The second-order valence-corrected chi connectivity index (χ2v) is 6.30. The van der Waals surface area contributed by atoms with E-state index in [1.807, 2.05) is 17.0 Å². The van der Waals surface area contributed by atoms with Crippen LogP contribution in [0, 0.1) is 0 Å². The fourth-order valence-electron chi connectivity index (χ4n) is 2.79. The van der Waals surface area contributed by atoms with Crippen LogP contribution in [0.2, 0.25) is 0 Å². The third kappa shape index (κ3) is 2.67. The molecule has 1 aromatic rings. The van der Waals surface area contributed by atoms with Crippen molar-refractivity contribution in [1.29, 1.82) is 0 Å². The minimum atomic E-state index is -0.245. The lowest BCUT2D eigenvalue weighted by atomic mass is 9.94. The van der Waals surface area contributed by atoms with Gasteiger partial charge in [-0.2, -0.15) is 0 Å². The summed E-state index contributed by atoms with van der Waals surface area (Å²) in [5, 5.41) is 0. The van der Waals surface area contributed by atoms with Crippen molar-refractivity contribution in [2.75, 3.05) is 13.1 Å². The number of benzene rings is 1. The van der Waals surface area contributed by atoms with E-state index in [-0.39, 0.29) is 29.8 Å². The molecule has 0 aromatic heterocycles. The van der Waals surface area contributed by atoms with Gasteiger partial charge in [0.1, 0.15) is 0 Å². The average Bonchev–Trinajstić information content (AvgIpc) is 3.06. The molecule has 2 N–H and O–H groups in total. The Morgan fingerprint density at radius 2 is 1.95 bits per heavy atom. The summed E-state index contributed by atoms with van der Waals surface area (Å²) in [4.78, 5) is 14.6. The van der Waals surface area contributed by atoms with Crippen LogP contribution in [0.4, 0.5) is 0 Å². The molecule has 2 fully saturated rings. The van der Waals surface area contributed by atoms with E-state index >= 15 is 0 Å². The molecule has 19 heavy (non-hydrogen) atoms. The molecule has 1 aliphatic carbocycles. The molecule has 1 aromatic carbocycles. The number of rotatable bonds is 2. The summed E-state index contributed by atoms with van der Waals surface area (Å²) in [6.07, 6.45) is 2.88. The molecule has 1 amide bonds. The van der Waals surface area contributed by atoms with Gasteiger partial charge in [-0.1, -0.05) is 28.1 Å². The molecule has 1 unspecified atom stereocenters. The van der Waals surface area contributed by atoms with Crippen LogP contribution in [0.15, 0.2) is 28.7 Å². The number of amides is 1. The van der Waals surface area contributed by atoms with Crippen molar-refractivity contribution in [2.45, 2.75) is 30.7 Å². The maximum atomic E-state index is 12.6. The number of hydrogen-bond donors (Lipinski definition) is 1. The normalized spacial score (nSPS) is 23.9. The lowest BCUT2D eigenvalue weighted by Gasteiger charge is -2.23. The number of carbonyl (C=O) groups is 1. The van der Waals surface area contributed by atoms with Crippen molar-refractivity contribution in [2.24, 2.45) is 5.73 Å². The fourth-order valence-corrected chi connectivity index (χ4v) is 3.06. The zero-order valence-electron chi connectivity index (χ0n) is 10.6. The van der Waals surface area contributed by atoms with Gasteiger partial charge in [-0.25, -0.2) is 0 Å². The monoisotopic (exact) mass is 344 g/mol. The highest BCUT2D eigenvalue weighted by atomic mass is 79.9. The first-order chi connectivity index (χ1) is 8.62. The third-order valence-electron chi connectivity index (χ3n) is 4.07. The van der Waals surface area contributed by atoms with Gasteiger partial charge in [-0.3, -0.25) is 4.79 Å². The van der Waals surface area contributed by atoms with Crippen molar-refractivity contribution in [3.63, 3.8) is 0 Å². The number of nitrogens with zero attached hydrogens (tertiary/aromatic N) is 1. The molecule has 0 spiro atoms. The van der Waals surface area contributed by atoms with Crippen LogP contribution in [-0.4, -0.2) is 29.9 Å². The molecule has 0 bridgehead atoms. The predicted octanol–water partition coefficient (Wildman–Crippen LogP) is 2.46. The van der Waals surface area contributed by atoms with Crippen LogP contribution in [0.1, 0.15) is 24.8 Å². The van der Waals surface area contributed by atoms with Gasteiger partial charge in [-0.15, -0.1) is 12.4 Å². The molecule has 2 aliphatic rings. The maximum Gasteiger partial charge on any atom is 0.233 e. The van der Waals surface area contributed by atoms with Crippen molar-refractivity contribution in [1.82, 2.24) is 4.90 Å². The average molecular weight is 346 g/mol. The fraction of sp³-hybridized carbons (Fsp3) is 0.500. The summed E-state index contributed by atoms with van der Waals surface area (Å²) in [6.45, 7) is 1.54. The maximum absolute atomic E-state index is 12.6. The predicted molar refractivity (Wildman–Crippen MR) is 81.5 cm³/mol. The molecular formula is C14H18BrClN2O. The Kier molecular flexibility index (Phi) is 4.23. The van der Waals surface area contributed by atoms with Crippen LogP contribution >= 0.6 is 28.3 Å². The van der Waals surface area contributed by atoms with Gasteiger partial charge in [0.05, 0.1) is 5.41 Å². The Hall–Kier alpha value is -0.580. The molecule has 1 heterocycles. The molecule has 5 heteroatoms. The Morgan fingerprint density at radius 1 is 1.32 bits per heavy atom. The third-order valence-corrected chi connectivity index (χ3v) is 4.60. The summed E-state index contributed by atoms with van der Waals surface area (Å²) in [5.74, 6) is 0.276. The molecule has 1 atom stereocenters. The van der Waals surface area contributed by atoms with E-state index in [0.29, 0.717) is 0 Å². The first-order valence-electron chi connectivity index (χ1n) is 6.43. The standard InChI is InChI=1S/C14H17BrN2O.ClH/c15-11-3-1-10(2-4-11)14(6-7-14)13(18)17-8-5-12(16)9-17;/h1-4,12H,5-9,16H2;1H. The molecular weight excluding hydrogens is 328 g/mol. The van der Waals surface area contributed by atoms with Crippen LogP contribution in [0.5, 0.6) is 0 Å². The van der Waals surface area contributed by atoms with Crippen molar-refractivity contribution < 1.29 is 4.79 Å². The molecule has 1 aliphatic heterocycles. The Labute approximate surface area is 128 Å². The highest BCUT2D eigenvalue weighted by Gasteiger charge is 2.53.